The van der Waals surface area contributed by atoms with Gasteiger partial charge in [-0.2, -0.15) is 5.26 Å². The van der Waals surface area contributed by atoms with Crippen LogP contribution in [-0.2, 0) is 9.53 Å². The first kappa shape index (κ1) is 12.8. The highest BCUT2D eigenvalue weighted by atomic mass is 16.5. The van der Waals surface area contributed by atoms with Crippen molar-refractivity contribution < 1.29 is 9.53 Å². The summed E-state index contributed by atoms with van der Waals surface area (Å²) in [6, 6.07) is 7.33. The number of carbonyl (C=O) groups excluding carboxylic acids is 1. The largest absolute Gasteiger partial charge is 0.465 e. The molecule has 0 spiro atoms. The number of nitrogens with zero attached hydrogens (tertiary/aromatic N) is 1. The molecule has 17 heavy (non-hydrogen) atoms. The van der Waals surface area contributed by atoms with Crippen LogP contribution < -0.4 is 0 Å². The van der Waals surface area contributed by atoms with Gasteiger partial charge in [0.1, 0.15) is 6.42 Å². The molecule has 1 aromatic carbocycles. The van der Waals surface area contributed by atoms with E-state index in [1.54, 1.807) is 25.1 Å². The lowest BCUT2D eigenvalue weighted by Gasteiger charge is -1.98. The van der Waals surface area contributed by atoms with E-state index in [0.29, 0.717) is 12.2 Å². The maximum Gasteiger partial charge on any atom is 0.317 e. The van der Waals surface area contributed by atoms with Crippen LogP contribution in [0, 0.1) is 30.1 Å². The summed E-state index contributed by atoms with van der Waals surface area (Å²) in [4.78, 5) is 11.1. The fraction of sp³-hybridized carbons (Fsp3) is 0.286. The number of carbonyl (C=O) groups is 1. The minimum atomic E-state index is -0.314. The van der Waals surface area contributed by atoms with Crippen molar-refractivity contribution in [3.8, 4) is 17.9 Å². The van der Waals surface area contributed by atoms with E-state index in [-0.39, 0.29) is 12.4 Å². The Morgan fingerprint density at radius 3 is 2.82 bits per heavy atom. The van der Waals surface area contributed by atoms with Crippen molar-refractivity contribution in [2.45, 2.75) is 20.3 Å². The third kappa shape index (κ3) is 4.01. The van der Waals surface area contributed by atoms with Gasteiger partial charge in [-0.3, -0.25) is 4.79 Å². The van der Waals surface area contributed by atoms with Crippen molar-refractivity contribution >= 4 is 5.97 Å². The van der Waals surface area contributed by atoms with Gasteiger partial charge in [0.25, 0.3) is 0 Å². The molecule has 0 saturated heterocycles. The van der Waals surface area contributed by atoms with Crippen LogP contribution in [0.3, 0.4) is 0 Å². The number of benzene rings is 1. The molecule has 86 valence electrons. The third-order valence-electron chi connectivity index (χ3n) is 2.12. The summed E-state index contributed by atoms with van der Waals surface area (Å²) in [5.41, 5.74) is 2.37. The average molecular weight is 227 g/mol. The smallest absolute Gasteiger partial charge is 0.317 e. The summed E-state index contributed by atoms with van der Waals surface area (Å²) < 4.78 is 4.76. The molecule has 0 aliphatic heterocycles. The van der Waals surface area contributed by atoms with E-state index in [9.17, 15) is 4.79 Å². The second-order valence-electron chi connectivity index (χ2n) is 3.43. The van der Waals surface area contributed by atoms with Gasteiger partial charge >= 0.3 is 5.97 Å². The maximum absolute atomic E-state index is 11.1. The standard InChI is InChI=1S/C14H13NO2/c1-3-17-14(16)6-4-5-13-8-7-12(10-15)9-11(13)2/h7-9H,3,6H2,1-2H3. The fourth-order valence-corrected chi connectivity index (χ4v) is 1.30. The molecule has 3 nitrogen and oxygen atoms in total. The van der Waals surface area contributed by atoms with Gasteiger partial charge in [0.15, 0.2) is 0 Å². The first-order valence-corrected chi connectivity index (χ1v) is 5.32. The van der Waals surface area contributed by atoms with Gasteiger partial charge < -0.3 is 4.74 Å². The molecule has 0 aromatic heterocycles. The minimum Gasteiger partial charge on any atom is -0.465 e. The highest BCUT2D eigenvalue weighted by Gasteiger charge is 1.98. The summed E-state index contributed by atoms with van der Waals surface area (Å²) in [6.07, 6.45) is 0.0906. The van der Waals surface area contributed by atoms with E-state index < -0.39 is 0 Å². The Bertz CT molecular complexity index is 515. The second kappa shape index (κ2) is 6.35. The third-order valence-corrected chi connectivity index (χ3v) is 2.12. The molecule has 0 atom stereocenters. The first-order valence-electron chi connectivity index (χ1n) is 5.32. The Morgan fingerprint density at radius 2 is 2.24 bits per heavy atom. The van der Waals surface area contributed by atoms with Gasteiger partial charge in [-0.1, -0.05) is 11.8 Å². The van der Waals surface area contributed by atoms with E-state index in [1.165, 1.54) is 0 Å². The normalized spacial score (nSPS) is 8.76. The van der Waals surface area contributed by atoms with Crippen LogP contribution in [-0.4, -0.2) is 12.6 Å². The molecule has 0 unspecified atom stereocenters. The van der Waals surface area contributed by atoms with Crippen molar-refractivity contribution in [3.63, 3.8) is 0 Å². The van der Waals surface area contributed by atoms with Crippen LogP contribution in [0.1, 0.15) is 30.0 Å². The van der Waals surface area contributed by atoms with Gasteiger partial charge in [0, 0.05) is 5.56 Å². The molecule has 3 heteroatoms. The number of ether oxygens (including phenoxy) is 1. The summed E-state index contributed by atoms with van der Waals surface area (Å²) in [7, 11) is 0. The SMILES string of the molecule is CCOC(=O)CC#Cc1ccc(C#N)cc1C. The molecule has 0 aliphatic rings. The first-order chi connectivity index (χ1) is 8.17. The van der Waals surface area contributed by atoms with Gasteiger partial charge in [-0.25, -0.2) is 0 Å². The molecular formula is C14H13NO2. The van der Waals surface area contributed by atoms with Crippen LogP contribution in [0.4, 0.5) is 0 Å². The Labute approximate surface area is 101 Å². The van der Waals surface area contributed by atoms with Gasteiger partial charge in [0.2, 0.25) is 0 Å². The van der Waals surface area contributed by atoms with Crippen LogP contribution >= 0.6 is 0 Å². The topological polar surface area (TPSA) is 50.1 Å². The Kier molecular flexibility index (Phi) is 4.78. The van der Waals surface area contributed by atoms with Crippen molar-refractivity contribution in [3.05, 3.63) is 34.9 Å². The molecule has 0 saturated carbocycles. The second-order valence-corrected chi connectivity index (χ2v) is 3.43. The molecule has 0 aliphatic carbocycles. The van der Waals surface area contributed by atoms with Crippen LogP contribution in [0.5, 0.6) is 0 Å². The Balaban J connectivity index is 2.73. The number of hydrogen-bond donors (Lipinski definition) is 0. The zero-order valence-corrected chi connectivity index (χ0v) is 9.91. The highest BCUT2D eigenvalue weighted by molar-refractivity contribution is 5.72. The average Bonchev–Trinajstić information content (AvgIpc) is 2.31. The number of esters is 1. The molecular weight excluding hydrogens is 214 g/mol. The van der Waals surface area contributed by atoms with Crippen LogP contribution in [0.2, 0.25) is 0 Å². The molecule has 0 N–H and O–H groups in total. The van der Waals surface area contributed by atoms with Gasteiger partial charge in [-0.15, -0.1) is 0 Å². The minimum absolute atomic E-state index is 0.0906. The van der Waals surface area contributed by atoms with Crippen molar-refractivity contribution in [1.29, 1.82) is 5.26 Å². The monoisotopic (exact) mass is 227 g/mol. The van der Waals surface area contributed by atoms with E-state index in [0.717, 1.165) is 11.1 Å². The van der Waals surface area contributed by atoms with Crippen LogP contribution in [0.15, 0.2) is 18.2 Å². The van der Waals surface area contributed by atoms with E-state index in [4.69, 9.17) is 10.00 Å². The fourth-order valence-electron chi connectivity index (χ4n) is 1.30. The van der Waals surface area contributed by atoms with E-state index in [2.05, 4.69) is 17.9 Å². The van der Waals surface area contributed by atoms with E-state index >= 15 is 0 Å². The summed E-state index contributed by atoms with van der Waals surface area (Å²) >= 11 is 0. The summed E-state index contributed by atoms with van der Waals surface area (Å²) in [5, 5.41) is 8.71. The molecule has 0 bridgehead atoms. The van der Waals surface area contributed by atoms with Gasteiger partial charge in [0.05, 0.1) is 18.2 Å². The zero-order chi connectivity index (χ0) is 12.7. The molecule has 0 amide bonds. The van der Waals surface area contributed by atoms with Crippen molar-refractivity contribution in [2.75, 3.05) is 6.61 Å². The summed E-state index contributed by atoms with van der Waals surface area (Å²) in [6.45, 7) is 4.02. The molecule has 0 fully saturated rings. The van der Waals surface area contributed by atoms with Crippen LogP contribution in [0.25, 0.3) is 0 Å². The molecule has 1 rings (SSSR count). The number of hydrogen-bond acceptors (Lipinski definition) is 3. The lowest BCUT2D eigenvalue weighted by Crippen LogP contribution is -2.01. The number of aryl methyl sites for hydroxylation is 1. The molecule has 0 heterocycles. The van der Waals surface area contributed by atoms with Gasteiger partial charge in [-0.05, 0) is 37.6 Å². The van der Waals surface area contributed by atoms with E-state index in [1.807, 2.05) is 6.92 Å². The Morgan fingerprint density at radius 1 is 1.47 bits per heavy atom. The number of rotatable bonds is 2. The predicted octanol–water partition coefficient (Wildman–Crippen LogP) is 2.17. The van der Waals surface area contributed by atoms with Crippen molar-refractivity contribution in [2.24, 2.45) is 0 Å². The maximum atomic E-state index is 11.1. The predicted molar refractivity (Wildman–Crippen MR) is 64.0 cm³/mol. The summed E-state index contributed by atoms with van der Waals surface area (Å²) in [5.74, 6) is 5.34. The lowest BCUT2D eigenvalue weighted by atomic mass is 10.1. The Hall–Kier alpha value is -2.26. The van der Waals surface area contributed by atoms with Crippen molar-refractivity contribution in [1.82, 2.24) is 0 Å². The molecule has 1 aromatic rings. The quantitative estimate of drug-likeness (QED) is 0.574. The number of nitriles is 1. The zero-order valence-electron chi connectivity index (χ0n) is 9.91. The molecule has 0 radical (unpaired) electrons. The highest BCUT2D eigenvalue weighted by Crippen LogP contribution is 2.09. The lowest BCUT2D eigenvalue weighted by molar-refractivity contribution is -0.141.